The summed E-state index contributed by atoms with van der Waals surface area (Å²) in [7, 11) is -1.97. The third-order valence-electron chi connectivity index (χ3n) is 4.03. The number of nitrogens with two attached hydrogens (primary N) is 1. The number of halogens is 1. The van der Waals surface area contributed by atoms with Crippen LogP contribution < -0.4 is 10.0 Å². The number of hydrogen-bond donors (Lipinski definition) is 1. The molecule has 3 rings (SSSR count). The van der Waals surface area contributed by atoms with Crippen molar-refractivity contribution in [3.8, 4) is 0 Å². The number of pyridine rings is 1. The second-order valence-corrected chi connectivity index (χ2v) is 7.65. The third-order valence-corrected chi connectivity index (χ3v) is 5.19. The van der Waals surface area contributed by atoms with Gasteiger partial charge in [-0.2, -0.15) is 0 Å². The normalized spacial score (nSPS) is 23.5. The lowest BCUT2D eigenvalue weighted by Gasteiger charge is -2.38. The molecule has 1 aliphatic heterocycles. The molecular weight excluding hydrogens is 328 g/mol. The Morgan fingerprint density at radius 3 is 2.82 bits per heavy atom. The van der Waals surface area contributed by atoms with E-state index >= 15 is 0 Å². The highest BCUT2D eigenvalue weighted by atomic mass is 35.5. The van der Waals surface area contributed by atoms with Crippen molar-refractivity contribution in [1.82, 2.24) is 9.88 Å². The maximum atomic E-state index is 11.3. The van der Waals surface area contributed by atoms with Crippen molar-refractivity contribution in [2.45, 2.75) is 30.0 Å². The molecule has 122 valence electrons. The molecule has 2 fully saturated rings. The van der Waals surface area contributed by atoms with Crippen LogP contribution in [0.2, 0.25) is 5.02 Å². The Morgan fingerprint density at radius 2 is 2.23 bits per heavy atom. The van der Waals surface area contributed by atoms with Crippen LogP contribution in [-0.4, -0.2) is 57.3 Å². The van der Waals surface area contributed by atoms with Gasteiger partial charge in [-0.1, -0.05) is 11.6 Å². The van der Waals surface area contributed by atoms with Crippen LogP contribution in [0, 0.1) is 0 Å². The maximum Gasteiger partial charge on any atom is 0.239 e. The van der Waals surface area contributed by atoms with Crippen LogP contribution >= 0.6 is 11.6 Å². The third kappa shape index (κ3) is 3.36. The Bertz CT molecular complexity index is 665. The van der Waals surface area contributed by atoms with Crippen molar-refractivity contribution in [1.29, 1.82) is 0 Å². The van der Waals surface area contributed by atoms with Crippen LogP contribution in [0.1, 0.15) is 12.8 Å². The SMILES string of the molecule is CN(c1ncc(S(N)(=O)=O)cc1Cl)C1CN(C2CC2)CCO1. The van der Waals surface area contributed by atoms with Crippen molar-refractivity contribution in [2.24, 2.45) is 5.14 Å². The van der Waals surface area contributed by atoms with Gasteiger partial charge in [0, 0.05) is 32.4 Å². The average Bonchev–Trinajstić information content (AvgIpc) is 3.30. The summed E-state index contributed by atoms with van der Waals surface area (Å²) in [6.07, 6.45) is 3.56. The second kappa shape index (κ2) is 5.93. The van der Waals surface area contributed by atoms with E-state index in [0.717, 1.165) is 13.1 Å². The number of ether oxygens (including phenoxy) is 1. The summed E-state index contributed by atoms with van der Waals surface area (Å²) in [4.78, 5) is 8.29. The lowest BCUT2D eigenvalue weighted by molar-refractivity contribution is -0.0302. The molecule has 1 aromatic rings. The zero-order chi connectivity index (χ0) is 15.9. The molecule has 0 radical (unpaired) electrons. The summed E-state index contributed by atoms with van der Waals surface area (Å²) in [6, 6.07) is 1.99. The van der Waals surface area contributed by atoms with Gasteiger partial charge in [-0.3, -0.25) is 4.90 Å². The number of primary sulfonamides is 1. The number of hydrogen-bond acceptors (Lipinski definition) is 6. The number of morpholine rings is 1. The second-order valence-electron chi connectivity index (χ2n) is 5.68. The van der Waals surface area contributed by atoms with E-state index in [2.05, 4.69) is 9.88 Å². The lowest BCUT2D eigenvalue weighted by atomic mass is 10.3. The summed E-state index contributed by atoms with van der Waals surface area (Å²) >= 11 is 6.17. The highest BCUT2D eigenvalue weighted by molar-refractivity contribution is 7.89. The molecule has 1 saturated carbocycles. The molecule has 0 spiro atoms. The number of rotatable bonds is 4. The quantitative estimate of drug-likeness (QED) is 0.860. The number of anilines is 1. The monoisotopic (exact) mass is 346 g/mol. The van der Waals surface area contributed by atoms with Gasteiger partial charge in [0.05, 0.1) is 11.6 Å². The first-order chi connectivity index (χ1) is 10.4. The molecule has 1 saturated heterocycles. The molecule has 0 aromatic carbocycles. The van der Waals surface area contributed by atoms with E-state index in [1.807, 2.05) is 11.9 Å². The highest BCUT2D eigenvalue weighted by Crippen LogP contribution is 2.31. The van der Waals surface area contributed by atoms with E-state index < -0.39 is 10.0 Å². The minimum absolute atomic E-state index is 0.0983. The smallest absolute Gasteiger partial charge is 0.239 e. The van der Waals surface area contributed by atoms with Gasteiger partial charge in [0.15, 0.2) is 0 Å². The Balaban J connectivity index is 1.78. The number of nitrogens with zero attached hydrogens (tertiary/aromatic N) is 3. The van der Waals surface area contributed by atoms with E-state index in [4.69, 9.17) is 21.5 Å². The largest absolute Gasteiger partial charge is 0.356 e. The van der Waals surface area contributed by atoms with Crippen LogP contribution in [0.4, 0.5) is 5.82 Å². The van der Waals surface area contributed by atoms with Crippen LogP contribution in [0.5, 0.6) is 0 Å². The average molecular weight is 347 g/mol. The minimum atomic E-state index is -3.81. The first-order valence-electron chi connectivity index (χ1n) is 7.13. The number of sulfonamides is 1. The molecule has 0 bridgehead atoms. The predicted octanol–water partition coefficient (Wildman–Crippen LogP) is 0.639. The van der Waals surface area contributed by atoms with Gasteiger partial charge >= 0.3 is 0 Å². The number of likely N-dealkylation sites (N-methyl/N-ethyl adjacent to an activating group) is 1. The van der Waals surface area contributed by atoms with Crippen LogP contribution in [0.25, 0.3) is 0 Å². The summed E-state index contributed by atoms with van der Waals surface area (Å²) in [5, 5.41) is 5.32. The fraction of sp³-hybridized carbons (Fsp3) is 0.615. The predicted molar refractivity (Wildman–Crippen MR) is 83.4 cm³/mol. The topological polar surface area (TPSA) is 88.8 Å². The summed E-state index contributed by atoms with van der Waals surface area (Å²) in [5.74, 6) is 0.483. The van der Waals surface area contributed by atoms with Crippen LogP contribution in [0.3, 0.4) is 0 Å². The van der Waals surface area contributed by atoms with E-state index in [0.29, 0.717) is 18.5 Å². The van der Waals surface area contributed by atoms with E-state index in [1.54, 1.807) is 0 Å². The van der Waals surface area contributed by atoms with Gasteiger partial charge in [0.25, 0.3) is 0 Å². The molecule has 1 aliphatic carbocycles. The van der Waals surface area contributed by atoms with Crippen molar-refractivity contribution >= 4 is 27.4 Å². The molecule has 2 aliphatic rings. The Hall–Kier alpha value is -0.930. The minimum Gasteiger partial charge on any atom is -0.356 e. The van der Waals surface area contributed by atoms with E-state index in [9.17, 15) is 8.42 Å². The zero-order valence-electron chi connectivity index (χ0n) is 12.3. The van der Waals surface area contributed by atoms with Crippen molar-refractivity contribution in [3.63, 3.8) is 0 Å². The molecular formula is C13H19ClN4O3S. The fourth-order valence-electron chi connectivity index (χ4n) is 2.62. The molecule has 2 heterocycles. The maximum absolute atomic E-state index is 11.3. The number of aromatic nitrogens is 1. The molecule has 9 heteroatoms. The summed E-state index contributed by atoms with van der Waals surface area (Å²) < 4.78 is 28.5. The van der Waals surface area contributed by atoms with Gasteiger partial charge in [-0.15, -0.1) is 0 Å². The Labute approximate surface area is 135 Å². The van der Waals surface area contributed by atoms with Crippen molar-refractivity contribution < 1.29 is 13.2 Å². The summed E-state index contributed by atoms with van der Waals surface area (Å²) in [6.45, 7) is 2.40. The van der Waals surface area contributed by atoms with Gasteiger partial charge < -0.3 is 9.64 Å². The van der Waals surface area contributed by atoms with Crippen LogP contribution in [0.15, 0.2) is 17.2 Å². The zero-order valence-corrected chi connectivity index (χ0v) is 13.8. The molecule has 1 aromatic heterocycles. The molecule has 1 unspecified atom stereocenters. The molecule has 1 atom stereocenters. The van der Waals surface area contributed by atoms with Gasteiger partial charge in [-0.05, 0) is 18.9 Å². The van der Waals surface area contributed by atoms with E-state index in [1.165, 1.54) is 25.1 Å². The lowest BCUT2D eigenvalue weighted by Crippen LogP contribution is -2.50. The molecule has 7 nitrogen and oxygen atoms in total. The highest BCUT2D eigenvalue weighted by Gasteiger charge is 2.34. The Morgan fingerprint density at radius 1 is 1.50 bits per heavy atom. The molecule has 22 heavy (non-hydrogen) atoms. The van der Waals surface area contributed by atoms with Crippen LogP contribution in [-0.2, 0) is 14.8 Å². The van der Waals surface area contributed by atoms with Crippen molar-refractivity contribution in [2.75, 3.05) is 31.6 Å². The summed E-state index contributed by atoms with van der Waals surface area (Å²) in [5.41, 5.74) is 0. The molecule has 0 amide bonds. The Kier molecular flexibility index (Phi) is 4.30. The van der Waals surface area contributed by atoms with Gasteiger partial charge in [0.1, 0.15) is 16.9 Å². The van der Waals surface area contributed by atoms with Crippen molar-refractivity contribution in [3.05, 3.63) is 17.3 Å². The van der Waals surface area contributed by atoms with Gasteiger partial charge in [0.2, 0.25) is 10.0 Å². The standard InChI is InChI=1S/C13H19ClN4O3S/c1-17(12-8-18(4-5-21-12)9-2-3-9)13-11(14)6-10(7-16-13)22(15,19)20/h6-7,9,12H,2-5,8H2,1H3,(H2,15,19,20). The first-order valence-corrected chi connectivity index (χ1v) is 9.05. The fourth-order valence-corrected chi connectivity index (χ4v) is 3.47. The van der Waals surface area contributed by atoms with Gasteiger partial charge in [-0.25, -0.2) is 18.5 Å². The first kappa shape index (κ1) is 15.9. The van der Waals surface area contributed by atoms with E-state index in [-0.39, 0.29) is 16.1 Å². The molecule has 2 N–H and O–H groups in total.